The first-order valence-corrected chi connectivity index (χ1v) is 11.5. The number of alkyl halides is 3. The number of piperidine rings is 1. The second-order valence-corrected chi connectivity index (χ2v) is 9.44. The van der Waals surface area contributed by atoms with Crippen molar-refractivity contribution in [1.82, 2.24) is 24.6 Å². The zero-order valence-corrected chi connectivity index (χ0v) is 20.1. The molecule has 1 aliphatic carbocycles. The van der Waals surface area contributed by atoms with Gasteiger partial charge in [0.1, 0.15) is 5.82 Å². The predicted molar refractivity (Wildman–Crippen MR) is 124 cm³/mol. The smallest absolute Gasteiger partial charge is 0.416 e. The number of aryl methyl sites for hydroxylation is 2. The third-order valence-electron chi connectivity index (χ3n) is 7.29. The van der Waals surface area contributed by atoms with Gasteiger partial charge in [-0.2, -0.15) is 13.2 Å². The van der Waals surface area contributed by atoms with Gasteiger partial charge in [-0.1, -0.05) is 18.6 Å². The lowest BCUT2D eigenvalue weighted by atomic mass is 9.94. The lowest BCUT2D eigenvalue weighted by molar-refractivity contribution is -0.137. The van der Waals surface area contributed by atoms with Gasteiger partial charge in [0.15, 0.2) is 12.2 Å². The highest BCUT2D eigenvalue weighted by Crippen LogP contribution is 2.59. The summed E-state index contributed by atoms with van der Waals surface area (Å²) in [5, 5.41) is 8.57. The molecule has 0 bridgehead atoms. The number of likely N-dealkylation sites (tertiary alicyclic amines) is 1. The molecule has 2 fully saturated rings. The summed E-state index contributed by atoms with van der Waals surface area (Å²) in [6, 6.07) is 5.82. The Labute approximate surface area is 203 Å². The van der Waals surface area contributed by atoms with Crippen LogP contribution in [-0.2, 0) is 25.1 Å². The highest BCUT2D eigenvalue weighted by atomic mass is 35.5. The number of fused-ring (bicyclic) bond motifs is 1. The van der Waals surface area contributed by atoms with E-state index < -0.39 is 11.7 Å². The Kier molecular flexibility index (Phi) is 6.79. The van der Waals surface area contributed by atoms with E-state index >= 15 is 0 Å². The van der Waals surface area contributed by atoms with E-state index in [0.717, 1.165) is 68.8 Å². The highest BCUT2D eigenvalue weighted by Gasteiger charge is 2.60. The molecule has 0 unspecified atom stereocenters. The molecule has 34 heavy (non-hydrogen) atoms. The number of benzene rings is 1. The van der Waals surface area contributed by atoms with Gasteiger partial charge in [0, 0.05) is 32.0 Å². The molecule has 1 saturated carbocycles. The Morgan fingerprint density at radius 1 is 1.12 bits per heavy atom. The molecule has 5 rings (SSSR count). The Balaban J connectivity index is 0.00000274. The molecule has 2 atom stereocenters. The molecule has 2 aromatic heterocycles. The number of rotatable bonds is 8. The molecule has 0 radical (unpaired) electrons. The second-order valence-electron chi connectivity index (χ2n) is 9.44. The molecule has 10 heteroatoms. The molecular formula is C24H29ClF3N5O. The number of nitrogens with zero attached hydrogens (tertiary/aromatic N) is 5. The first kappa shape index (κ1) is 24.7. The number of aromatic nitrogens is 4. The minimum Gasteiger partial charge on any atom is -0.440 e. The summed E-state index contributed by atoms with van der Waals surface area (Å²) in [5.74, 6) is 2.87. The molecule has 1 aliphatic heterocycles. The van der Waals surface area contributed by atoms with Crippen LogP contribution in [0.1, 0.15) is 48.3 Å². The Morgan fingerprint density at radius 3 is 2.56 bits per heavy atom. The van der Waals surface area contributed by atoms with Crippen molar-refractivity contribution < 1.29 is 17.6 Å². The highest BCUT2D eigenvalue weighted by molar-refractivity contribution is 5.85. The van der Waals surface area contributed by atoms with E-state index in [9.17, 15) is 13.2 Å². The fraction of sp³-hybridized carbons (Fsp3) is 0.542. The van der Waals surface area contributed by atoms with Gasteiger partial charge >= 0.3 is 6.18 Å². The normalized spacial score (nSPS) is 22.0. The second kappa shape index (κ2) is 9.34. The first-order chi connectivity index (χ1) is 15.8. The fourth-order valence-corrected chi connectivity index (χ4v) is 5.28. The van der Waals surface area contributed by atoms with E-state index in [1.165, 1.54) is 18.5 Å². The molecule has 1 aromatic carbocycles. The maximum atomic E-state index is 12.9. The van der Waals surface area contributed by atoms with E-state index in [2.05, 4.69) is 20.1 Å². The largest absolute Gasteiger partial charge is 0.440 e. The van der Waals surface area contributed by atoms with Crippen molar-refractivity contribution in [1.29, 1.82) is 0 Å². The maximum Gasteiger partial charge on any atom is 0.416 e. The predicted octanol–water partition coefficient (Wildman–Crippen LogP) is 5.21. The summed E-state index contributed by atoms with van der Waals surface area (Å²) in [6.45, 7) is 4.91. The third-order valence-corrected chi connectivity index (χ3v) is 7.29. The van der Waals surface area contributed by atoms with Crippen LogP contribution in [0.4, 0.5) is 13.2 Å². The minimum absolute atomic E-state index is 0. The van der Waals surface area contributed by atoms with Crippen molar-refractivity contribution in [2.24, 2.45) is 13.0 Å². The summed E-state index contributed by atoms with van der Waals surface area (Å²) in [4.78, 5) is 6.59. The van der Waals surface area contributed by atoms with Gasteiger partial charge < -0.3 is 13.9 Å². The van der Waals surface area contributed by atoms with Gasteiger partial charge in [-0.25, -0.2) is 4.98 Å². The van der Waals surface area contributed by atoms with E-state index in [0.29, 0.717) is 17.5 Å². The van der Waals surface area contributed by atoms with E-state index in [-0.39, 0.29) is 17.8 Å². The van der Waals surface area contributed by atoms with Gasteiger partial charge in [0.25, 0.3) is 0 Å². The van der Waals surface area contributed by atoms with Gasteiger partial charge in [-0.15, -0.1) is 22.6 Å². The number of oxazole rings is 1. The molecule has 3 aromatic rings. The van der Waals surface area contributed by atoms with E-state index in [1.807, 2.05) is 18.5 Å². The lowest BCUT2D eigenvalue weighted by Crippen LogP contribution is -2.27. The summed E-state index contributed by atoms with van der Waals surface area (Å²) in [6.07, 6.45) is 2.32. The van der Waals surface area contributed by atoms with Crippen molar-refractivity contribution in [3.63, 3.8) is 0 Å². The van der Waals surface area contributed by atoms with Crippen molar-refractivity contribution in [3.8, 4) is 11.6 Å². The van der Waals surface area contributed by atoms with Crippen molar-refractivity contribution >= 4 is 12.4 Å². The molecule has 1 saturated heterocycles. The lowest BCUT2D eigenvalue weighted by Gasteiger charge is -2.21. The minimum atomic E-state index is -4.28. The average molecular weight is 496 g/mol. The Morgan fingerprint density at radius 2 is 1.88 bits per heavy atom. The van der Waals surface area contributed by atoms with Crippen LogP contribution in [0.25, 0.3) is 11.6 Å². The third kappa shape index (κ3) is 4.60. The zero-order chi connectivity index (χ0) is 23.2. The van der Waals surface area contributed by atoms with Crippen LogP contribution in [0.15, 0.2) is 35.1 Å². The molecule has 0 spiro atoms. The molecule has 3 heterocycles. The molecule has 184 valence electrons. The topological polar surface area (TPSA) is 60.0 Å². The number of hydrogen-bond donors (Lipinski definition) is 0. The maximum absolute atomic E-state index is 12.9. The van der Waals surface area contributed by atoms with E-state index in [1.54, 1.807) is 12.1 Å². The number of halogens is 4. The summed E-state index contributed by atoms with van der Waals surface area (Å²) < 4.78 is 46.0. The quantitative estimate of drug-likeness (QED) is 0.402. The van der Waals surface area contributed by atoms with Gasteiger partial charge in [-0.05, 0) is 56.3 Å². The van der Waals surface area contributed by atoms with E-state index in [4.69, 9.17) is 4.42 Å². The SMILES string of the molecule is Cc1ncoc1-c1nnc(CCCCCN2C[C@@H]3C[C@]3(c3ccc(C(F)(F)F)cc3)C2)n1C.Cl. The van der Waals surface area contributed by atoms with Gasteiger partial charge in [0.2, 0.25) is 5.82 Å². The Hall–Kier alpha value is -2.39. The summed E-state index contributed by atoms with van der Waals surface area (Å²) in [5.41, 5.74) is 1.36. The molecule has 0 amide bonds. The van der Waals surface area contributed by atoms with Crippen LogP contribution in [0, 0.1) is 12.8 Å². The molecule has 6 nitrogen and oxygen atoms in total. The molecule has 2 aliphatic rings. The van der Waals surface area contributed by atoms with Crippen LogP contribution >= 0.6 is 12.4 Å². The van der Waals surface area contributed by atoms with Crippen LogP contribution in [0.3, 0.4) is 0 Å². The first-order valence-electron chi connectivity index (χ1n) is 11.5. The molecule has 0 N–H and O–H groups in total. The summed E-state index contributed by atoms with van der Waals surface area (Å²) >= 11 is 0. The number of hydrogen-bond acceptors (Lipinski definition) is 5. The standard InChI is InChI=1S/C24H28F3N5O.ClH/c1-16-21(33-15-28-16)22-30-29-20(31(22)2)6-4-3-5-11-32-13-19-12-23(19,14-32)17-7-9-18(10-8-17)24(25,26)27;/h7-10,15,19H,3-6,11-14H2,1-2H3;1H/t19-,23+;/m0./s1. The molecular weight excluding hydrogens is 467 g/mol. The van der Waals surface area contributed by atoms with Crippen LogP contribution in [-0.4, -0.2) is 44.3 Å². The van der Waals surface area contributed by atoms with Crippen LogP contribution < -0.4 is 0 Å². The number of unbranched alkanes of at least 4 members (excludes halogenated alkanes) is 2. The monoisotopic (exact) mass is 495 g/mol. The van der Waals surface area contributed by atoms with Crippen molar-refractivity contribution in [2.45, 2.75) is 50.6 Å². The van der Waals surface area contributed by atoms with Gasteiger partial charge in [-0.3, -0.25) is 0 Å². The fourth-order valence-electron chi connectivity index (χ4n) is 5.28. The Bertz CT molecular complexity index is 1130. The van der Waals surface area contributed by atoms with Crippen LogP contribution in [0.2, 0.25) is 0 Å². The zero-order valence-electron chi connectivity index (χ0n) is 19.3. The van der Waals surface area contributed by atoms with Crippen molar-refractivity contribution in [3.05, 3.63) is 53.3 Å². The average Bonchev–Trinajstić information content (AvgIpc) is 3.07. The van der Waals surface area contributed by atoms with Crippen molar-refractivity contribution in [2.75, 3.05) is 19.6 Å². The van der Waals surface area contributed by atoms with Crippen LogP contribution in [0.5, 0.6) is 0 Å². The van der Waals surface area contributed by atoms with Gasteiger partial charge in [0.05, 0.1) is 11.3 Å². The summed E-state index contributed by atoms with van der Waals surface area (Å²) in [7, 11) is 1.95.